The topological polar surface area (TPSA) is 57.2 Å². The van der Waals surface area contributed by atoms with Crippen LogP contribution >= 0.6 is 7.92 Å². The Labute approximate surface area is 214 Å². The van der Waals surface area contributed by atoms with Crippen molar-refractivity contribution in [2.24, 2.45) is 0 Å². The summed E-state index contributed by atoms with van der Waals surface area (Å²) in [6, 6.07) is 21.6. The van der Waals surface area contributed by atoms with Crippen LogP contribution in [0.5, 0.6) is 28.7 Å². The standard InChI is InChI=1S/C30H33O5P/c1-30(2,3)20-12-8-11-19-17-18-25(27(31)26(19)20)36(28-21(32-4)13-9-14-22(28)33-5)29-23(34-6)15-10-16-24(29)35-7/h8-18,31H,1-7H3. The van der Waals surface area contributed by atoms with Crippen LogP contribution in [0.2, 0.25) is 0 Å². The molecule has 188 valence electrons. The fourth-order valence-electron chi connectivity index (χ4n) is 4.61. The molecule has 0 unspecified atom stereocenters. The number of hydrogen-bond donors (Lipinski definition) is 1. The summed E-state index contributed by atoms with van der Waals surface area (Å²) in [4.78, 5) is 0. The molecule has 0 spiro atoms. The van der Waals surface area contributed by atoms with Crippen molar-refractivity contribution in [1.82, 2.24) is 0 Å². The van der Waals surface area contributed by atoms with Crippen molar-refractivity contribution in [3.05, 3.63) is 72.3 Å². The maximum Gasteiger partial charge on any atom is 0.132 e. The first-order valence-electron chi connectivity index (χ1n) is 11.7. The fourth-order valence-corrected chi connectivity index (χ4v) is 7.41. The number of rotatable bonds is 7. The summed E-state index contributed by atoms with van der Waals surface area (Å²) < 4.78 is 23.3. The molecule has 0 atom stereocenters. The van der Waals surface area contributed by atoms with Gasteiger partial charge in [-0.2, -0.15) is 0 Å². The number of fused-ring (bicyclic) bond motifs is 1. The van der Waals surface area contributed by atoms with Crippen LogP contribution in [0.15, 0.2) is 66.7 Å². The molecule has 1 N–H and O–H groups in total. The molecule has 0 saturated carbocycles. The van der Waals surface area contributed by atoms with Crippen LogP contribution in [0, 0.1) is 0 Å². The molecule has 4 aromatic carbocycles. The van der Waals surface area contributed by atoms with Crippen molar-refractivity contribution in [2.45, 2.75) is 26.2 Å². The van der Waals surface area contributed by atoms with Crippen LogP contribution < -0.4 is 34.9 Å². The second-order valence-electron chi connectivity index (χ2n) is 9.44. The summed E-state index contributed by atoms with van der Waals surface area (Å²) in [6.07, 6.45) is 0. The Morgan fingerprint density at radius 3 is 1.47 bits per heavy atom. The van der Waals surface area contributed by atoms with E-state index in [4.69, 9.17) is 18.9 Å². The van der Waals surface area contributed by atoms with Crippen molar-refractivity contribution in [3.8, 4) is 28.7 Å². The quantitative estimate of drug-likeness (QED) is 0.331. The molecule has 0 aliphatic carbocycles. The van der Waals surface area contributed by atoms with E-state index in [1.807, 2.05) is 54.6 Å². The van der Waals surface area contributed by atoms with Gasteiger partial charge in [-0.3, -0.25) is 0 Å². The number of phenolic OH excluding ortho intramolecular Hbond substituents is 1. The van der Waals surface area contributed by atoms with E-state index in [1.54, 1.807) is 28.4 Å². The third-order valence-corrected chi connectivity index (χ3v) is 8.92. The van der Waals surface area contributed by atoms with Gasteiger partial charge in [0.05, 0.1) is 39.0 Å². The van der Waals surface area contributed by atoms with Crippen molar-refractivity contribution < 1.29 is 24.1 Å². The zero-order valence-corrected chi connectivity index (χ0v) is 22.8. The van der Waals surface area contributed by atoms with E-state index in [2.05, 4.69) is 32.9 Å². The zero-order valence-electron chi connectivity index (χ0n) is 21.9. The van der Waals surface area contributed by atoms with Gasteiger partial charge in [0, 0.05) is 18.6 Å². The molecule has 0 aliphatic heterocycles. The smallest absolute Gasteiger partial charge is 0.132 e. The van der Waals surface area contributed by atoms with Crippen molar-refractivity contribution >= 4 is 34.6 Å². The lowest BCUT2D eigenvalue weighted by Crippen LogP contribution is -2.26. The third-order valence-electron chi connectivity index (χ3n) is 6.30. The first-order chi connectivity index (χ1) is 17.3. The summed E-state index contributed by atoms with van der Waals surface area (Å²) in [5.74, 6) is 2.90. The van der Waals surface area contributed by atoms with Gasteiger partial charge < -0.3 is 24.1 Å². The van der Waals surface area contributed by atoms with E-state index in [-0.39, 0.29) is 11.2 Å². The monoisotopic (exact) mass is 504 g/mol. The molecule has 0 fully saturated rings. The van der Waals surface area contributed by atoms with Gasteiger partial charge in [0.1, 0.15) is 28.7 Å². The number of benzene rings is 4. The first-order valence-corrected chi connectivity index (χ1v) is 13.1. The first kappa shape index (κ1) is 25.7. The van der Waals surface area contributed by atoms with E-state index in [1.165, 1.54) is 0 Å². The predicted octanol–water partition coefficient (Wildman–Crippen LogP) is 5.64. The summed E-state index contributed by atoms with van der Waals surface area (Å²) >= 11 is 0. The van der Waals surface area contributed by atoms with Gasteiger partial charge >= 0.3 is 0 Å². The second kappa shape index (κ2) is 10.3. The molecule has 0 aromatic heterocycles. The SMILES string of the molecule is COc1cccc(OC)c1P(c1ccc2cccc(C(C)(C)C)c2c1O)c1c(OC)cccc1OC. The van der Waals surface area contributed by atoms with E-state index >= 15 is 0 Å². The van der Waals surface area contributed by atoms with Crippen molar-refractivity contribution in [2.75, 3.05) is 28.4 Å². The maximum absolute atomic E-state index is 12.0. The average Bonchev–Trinajstić information content (AvgIpc) is 2.89. The molecule has 4 rings (SSSR count). The lowest BCUT2D eigenvalue weighted by molar-refractivity contribution is 0.399. The average molecular weight is 505 g/mol. The van der Waals surface area contributed by atoms with Crippen LogP contribution in [0.4, 0.5) is 0 Å². The van der Waals surface area contributed by atoms with Gasteiger partial charge in [-0.25, -0.2) is 0 Å². The Balaban J connectivity index is 2.18. The van der Waals surface area contributed by atoms with Gasteiger partial charge in [0.15, 0.2) is 0 Å². The highest BCUT2D eigenvalue weighted by Crippen LogP contribution is 2.49. The Kier molecular flexibility index (Phi) is 7.33. The highest BCUT2D eigenvalue weighted by Gasteiger charge is 2.33. The summed E-state index contributed by atoms with van der Waals surface area (Å²) in [5, 5.41) is 16.3. The molecule has 0 amide bonds. The van der Waals surface area contributed by atoms with Crippen LogP contribution in [-0.2, 0) is 5.41 Å². The Morgan fingerprint density at radius 2 is 1.06 bits per heavy atom. The summed E-state index contributed by atoms with van der Waals surface area (Å²) in [7, 11) is 5.12. The molecule has 0 aliphatic rings. The van der Waals surface area contributed by atoms with Crippen LogP contribution in [0.3, 0.4) is 0 Å². The van der Waals surface area contributed by atoms with Gasteiger partial charge in [-0.1, -0.05) is 57.2 Å². The second-order valence-corrected chi connectivity index (χ2v) is 11.5. The Bertz CT molecular complexity index is 1290. The van der Waals surface area contributed by atoms with Crippen molar-refractivity contribution in [3.63, 3.8) is 0 Å². The highest BCUT2D eigenvalue weighted by molar-refractivity contribution is 7.80. The van der Waals surface area contributed by atoms with E-state index < -0.39 is 7.92 Å². The minimum atomic E-state index is -1.44. The minimum absolute atomic E-state index is 0.164. The largest absolute Gasteiger partial charge is 0.507 e. The Morgan fingerprint density at radius 1 is 0.611 bits per heavy atom. The minimum Gasteiger partial charge on any atom is -0.507 e. The van der Waals surface area contributed by atoms with E-state index in [0.29, 0.717) is 23.0 Å². The molecule has 0 saturated heterocycles. The number of aromatic hydroxyl groups is 1. The summed E-state index contributed by atoms with van der Waals surface area (Å²) in [6.45, 7) is 6.47. The zero-order chi connectivity index (χ0) is 26.0. The van der Waals surface area contributed by atoms with Crippen LogP contribution in [-0.4, -0.2) is 33.5 Å². The Hall–Kier alpha value is -3.43. The lowest BCUT2D eigenvalue weighted by Gasteiger charge is -2.28. The van der Waals surface area contributed by atoms with E-state index in [0.717, 1.165) is 32.2 Å². The molecule has 4 aromatic rings. The van der Waals surface area contributed by atoms with Gasteiger partial charge in [0.2, 0.25) is 0 Å². The molecule has 36 heavy (non-hydrogen) atoms. The number of ether oxygens (including phenoxy) is 4. The number of hydrogen-bond acceptors (Lipinski definition) is 5. The fraction of sp³-hybridized carbons (Fsp3) is 0.267. The van der Waals surface area contributed by atoms with Gasteiger partial charge in [-0.15, -0.1) is 0 Å². The molecular weight excluding hydrogens is 471 g/mol. The maximum atomic E-state index is 12.0. The third kappa shape index (κ3) is 4.44. The highest BCUT2D eigenvalue weighted by atomic mass is 31.1. The number of methoxy groups -OCH3 is 4. The lowest BCUT2D eigenvalue weighted by atomic mass is 9.83. The predicted molar refractivity (Wildman–Crippen MR) is 149 cm³/mol. The normalized spacial score (nSPS) is 11.6. The molecule has 0 bridgehead atoms. The van der Waals surface area contributed by atoms with Gasteiger partial charge in [-0.05, 0) is 46.7 Å². The molecule has 0 radical (unpaired) electrons. The van der Waals surface area contributed by atoms with E-state index in [9.17, 15) is 5.11 Å². The van der Waals surface area contributed by atoms with Crippen molar-refractivity contribution in [1.29, 1.82) is 0 Å². The van der Waals surface area contributed by atoms with Crippen LogP contribution in [0.25, 0.3) is 10.8 Å². The molecular formula is C30H33O5P. The van der Waals surface area contributed by atoms with Crippen LogP contribution in [0.1, 0.15) is 26.3 Å². The van der Waals surface area contributed by atoms with Gasteiger partial charge in [0.25, 0.3) is 0 Å². The molecule has 5 nitrogen and oxygen atoms in total. The number of phenols is 1. The molecule has 6 heteroatoms. The summed E-state index contributed by atoms with van der Waals surface area (Å²) in [5.41, 5.74) is 0.913. The molecule has 0 heterocycles.